The Balaban J connectivity index is 1.52. The number of carbonyl (C=O) groups excluding carboxylic acids is 2. The van der Waals surface area contributed by atoms with E-state index in [4.69, 9.17) is 9.47 Å². The van der Waals surface area contributed by atoms with Crippen LogP contribution in [0.1, 0.15) is 15.9 Å². The number of nitrogens with one attached hydrogen (secondary N) is 2. The first-order valence-corrected chi connectivity index (χ1v) is 8.24. The first-order valence-electron chi connectivity index (χ1n) is 8.24. The van der Waals surface area contributed by atoms with Crippen LogP contribution in [0.3, 0.4) is 0 Å². The molecule has 0 fully saturated rings. The van der Waals surface area contributed by atoms with E-state index in [0.29, 0.717) is 17.8 Å². The Bertz CT molecular complexity index is 805. The molecule has 0 atom stereocenters. The molecular weight excluding hydrogens is 334 g/mol. The number of hydrogen-bond donors (Lipinski definition) is 2. The van der Waals surface area contributed by atoms with Crippen LogP contribution in [0.15, 0.2) is 42.5 Å². The predicted molar refractivity (Wildman–Crippen MR) is 97.4 cm³/mol. The van der Waals surface area contributed by atoms with Gasteiger partial charge >= 0.3 is 0 Å². The van der Waals surface area contributed by atoms with Crippen LogP contribution in [-0.2, 0) is 11.3 Å². The number of ether oxygens (including phenoxy) is 2. The lowest BCUT2D eigenvalue weighted by Crippen LogP contribution is -2.29. The van der Waals surface area contributed by atoms with Crippen molar-refractivity contribution in [2.24, 2.45) is 0 Å². The summed E-state index contributed by atoms with van der Waals surface area (Å²) in [6.45, 7) is 1.10. The van der Waals surface area contributed by atoms with Crippen LogP contribution in [0, 0.1) is 0 Å². The predicted octanol–water partition coefficient (Wildman–Crippen LogP) is 1.85. The second kappa shape index (κ2) is 7.88. The smallest absolute Gasteiger partial charge is 0.251 e. The monoisotopic (exact) mass is 355 g/mol. The van der Waals surface area contributed by atoms with E-state index in [2.05, 4.69) is 10.6 Å². The van der Waals surface area contributed by atoms with Crippen LogP contribution in [0.25, 0.3) is 0 Å². The fourth-order valence-electron chi connectivity index (χ4n) is 2.70. The van der Waals surface area contributed by atoms with Gasteiger partial charge in [-0.15, -0.1) is 0 Å². The molecule has 1 heterocycles. The van der Waals surface area contributed by atoms with E-state index in [1.165, 1.54) is 0 Å². The Kier molecular flexibility index (Phi) is 5.38. The van der Waals surface area contributed by atoms with Crippen molar-refractivity contribution in [2.45, 2.75) is 6.54 Å². The van der Waals surface area contributed by atoms with Gasteiger partial charge in [0.25, 0.3) is 5.91 Å². The van der Waals surface area contributed by atoms with Crippen molar-refractivity contribution >= 4 is 17.5 Å². The number of rotatable bonds is 6. The third-order valence-corrected chi connectivity index (χ3v) is 3.96. The number of benzene rings is 2. The van der Waals surface area contributed by atoms with E-state index in [0.717, 1.165) is 17.1 Å². The van der Waals surface area contributed by atoms with Gasteiger partial charge in [0.1, 0.15) is 0 Å². The number of likely N-dealkylation sites (N-methyl/N-ethyl adjacent to an activating group) is 1. The highest BCUT2D eigenvalue weighted by Gasteiger charge is 2.14. The fourth-order valence-corrected chi connectivity index (χ4v) is 2.70. The minimum absolute atomic E-state index is 0.124. The zero-order chi connectivity index (χ0) is 18.5. The molecule has 1 aliphatic rings. The molecule has 7 nitrogen and oxygen atoms in total. The first-order chi connectivity index (χ1) is 12.5. The Labute approximate surface area is 151 Å². The van der Waals surface area contributed by atoms with Crippen LogP contribution in [0.5, 0.6) is 11.5 Å². The van der Waals surface area contributed by atoms with Gasteiger partial charge in [0.2, 0.25) is 12.7 Å². The van der Waals surface area contributed by atoms with Crippen molar-refractivity contribution in [3.63, 3.8) is 0 Å². The van der Waals surface area contributed by atoms with Gasteiger partial charge < -0.3 is 20.1 Å². The maximum atomic E-state index is 12.2. The number of carbonyl (C=O) groups is 2. The summed E-state index contributed by atoms with van der Waals surface area (Å²) in [5.41, 5.74) is 2.24. The Morgan fingerprint density at radius 2 is 1.81 bits per heavy atom. The van der Waals surface area contributed by atoms with Crippen molar-refractivity contribution in [3.05, 3.63) is 53.6 Å². The Morgan fingerprint density at radius 1 is 1.08 bits per heavy atom. The molecule has 0 unspecified atom stereocenters. The zero-order valence-corrected chi connectivity index (χ0v) is 14.7. The minimum Gasteiger partial charge on any atom is -0.454 e. The number of hydrogen-bond acceptors (Lipinski definition) is 5. The van der Waals surface area contributed by atoms with Gasteiger partial charge in [-0.05, 0) is 49.0 Å². The van der Waals surface area contributed by atoms with Crippen LogP contribution in [-0.4, -0.2) is 44.1 Å². The maximum absolute atomic E-state index is 12.2. The topological polar surface area (TPSA) is 79.9 Å². The standard InChI is InChI=1S/C19H21N3O4/c1-20-19(24)14-4-6-15(7-5-14)21-18(23)11-22(2)10-13-3-8-16-17(9-13)26-12-25-16/h3-9H,10-12H2,1-2H3,(H,20,24)(H,21,23). The SMILES string of the molecule is CNC(=O)c1ccc(NC(=O)CN(C)Cc2ccc3c(c2)OCO3)cc1. The van der Waals surface area contributed by atoms with Gasteiger partial charge in [-0.1, -0.05) is 6.07 Å². The lowest BCUT2D eigenvalue weighted by Gasteiger charge is -2.16. The molecule has 2 aromatic rings. The van der Waals surface area contributed by atoms with Gasteiger partial charge in [-0.25, -0.2) is 0 Å². The molecule has 1 aliphatic heterocycles. The number of fused-ring (bicyclic) bond motifs is 1. The largest absolute Gasteiger partial charge is 0.454 e. The molecule has 0 bridgehead atoms. The highest BCUT2D eigenvalue weighted by molar-refractivity contribution is 5.96. The number of nitrogens with zero attached hydrogens (tertiary/aromatic N) is 1. The van der Waals surface area contributed by atoms with E-state index in [-0.39, 0.29) is 25.2 Å². The minimum atomic E-state index is -0.161. The molecular formula is C19H21N3O4. The van der Waals surface area contributed by atoms with Crippen molar-refractivity contribution in [2.75, 3.05) is 32.7 Å². The molecule has 7 heteroatoms. The summed E-state index contributed by atoms with van der Waals surface area (Å²) < 4.78 is 10.7. The molecule has 2 N–H and O–H groups in total. The lowest BCUT2D eigenvalue weighted by atomic mass is 10.2. The van der Waals surface area contributed by atoms with Gasteiger partial charge in [0, 0.05) is 24.8 Å². The zero-order valence-electron chi connectivity index (χ0n) is 14.7. The van der Waals surface area contributed by atoms with Gasteiger partial charge in [0.15, 0.2) is 11.5 Å². The van der Waals surface area contributed by atoms with Crippen molar-refractivity contribution in [3.8, 4) is 11.5 Å². The van der Waals surface area contributed by atoms with Gasteiger partial charge in [-0.3, -0.25) is 14.5 Å². The summed E-state index contributed by atoms with van der Waals surface area (Å²) in [6.07, 6.45) is 0. The molecule has 136 valence electrons. The van der Waals surface area contributed by atoms with Gasteiger partial charge in [-0.2, -0.15) is 0 Å². The van der Waals surface area contributed by atoms with E-state index < -0.39 is 0 Å². The third-order valence-electron chi connectivity index (χ3n) is 3.96. The maximum Gasteiger partial charge on any atom is 0.251 e. The fraction of sp³-hybridized carbons (Fsp3) is 0.263. The molecule has 0 aromatic heterocycles. The summed E-state index contributed by atoms with van der Waals surface area (Å²) in [5.74, 6) is 1.19. The van der Waals surface area contributed by atoms with E-state index >= 15 is 0 Å². The van der Waals surface area contributed by atoms with Crippen molar-refractivity contribution < 1.29 is 19.1 Å². The quantitative estimate of drug-likeness (QED) is 0.827. The molecule has 2 amide bonds. The first kappa shape index (κ1) is 17.8. The number of anilines is 1. The summed E-state index contributed by atoms with van der Waals surface area (Å²) >= 11 is 0. The van der Waals surface area contributed by atoms with E-state index in [9.17, 15) is 9.59 Å². The summed E-state index contributed by atoms with van der Waals surface area (Å²) in [5, 5.41) is 5.38. The summed E-state index contributed by atoms with van der Waals surface area (Å²) in [7, 11) is 3.45. The van der Waals surface area contributed by atoms with E-state index in [1.807, 2.05) is 30.1 Å². The van der Waals surface area contributed by atoms with Gasteiger partial charge in [0.05, 0.1) is 6.54 Å². The van der Waals surface area contributed by atoms with Crippen molar-refractivity contribution in [1.29, 1.82) is 0 Å². The molecule has 0 saturated carbocycles. The average molecular weight is 355 g/mol. The molecule has 0 radical (unpaired) electrons. The van der Waals surface area contributed by atoms with Crippen LogP contribution < -0.4 is 20.1 Å². The molecule has 0 aliphatic carbocycles. The molecule has 0 spiro atoms. The number of amides is 2. The lowest BCUT2D eigenvalue weighted by molar-refractivity contribution is -0.117. The van der Waals surface area contributed by atoms with E-state index in [1.54, 1.807) is 31.3 Å². The van der Waals surface area contributed by atoms with Crippen LogP contribution >= 0.6 is 0 Å². The summed E-state index contributed by atoms with van der Waals surface area (Å²) in [6, 6.07) is 12.5. The van der Waals surface area contributed by atoms with Crippen molar-refractivity contribution in [1.82, 2.24) is 10.2 Å². The summed E-state index contributed by atoms with van der Waals surface area (Å²) in [4.78, 5) is 25.6. The second-order valence-electron chi connectivity index (χ2n) is 6.06. The van der Waals surface area contributed by atoms with Crippen LogP contribution in [0.2, 0.25) is 0 Å². The molecule has 3 rings (SSSR count). The Morgan fingerprint density at radius 3 is 2.54 bits per heavy atom. The highest BCUT2D eigenvalue weighted by Crippen LogP contribution is 2.32. The Hall–Kier alpha value is -3.06. The van der Waals surface area contributed by atoms with Crippen LogP contribution in [0.4, 0.5) is 5.69 Å². The third kappa shape index (κ3) is 4.31. The normalized spacial score (nSPS) is 12.1. The molecule has 0 saturated heterocycles. The average Bonchev–Trinajstić information content (AvgIpc) is 3.09. The highest BCUT2D eigenvalue weighted by atomic mass is 16.7. The molecule has 26 heavy (non-hydrogen) atoms. The molecule has 2 aromatic carbocycles. The second-order valence-corrected chi connectivity index (χ2v) is 6.06.